The van der Waals surface area contributed by atoms with Crippen molar-refractivity contribution in [2.75, 3.05) is 23.8 Å². The molecule has 1 aliphatic heterocycles. The third-order valence-corrected chi connectivity index (χ3v) is 4.41. The summed E-state index contributed by atoms with van der Waals surface area (Å²) >= 11 is 0. The van der Waals surface area contributed by atoms with Crippen LogP contribution in [0.25, 0.3) is 0 Å². The van der Waals surface area contributed by atoms with Crippen LogP contribution < -0.4 is 10.6 Å². The second-order valence-corrected chi connectivity index (χ2v) is 6.37. The van der Waals surface area contributed by atoms with Crippen LogP contribution in [0.3, 0.4) is 0 Å². The highest BCUT2D eigenvalue weighted by molar-refractivity contribution is 5.84. The number of halogens is 3. The number of anilines is 3. The third kappa shape index (κ3) is 3.53. The van der Waals surface area contributed by atoms with Gasteiger partial charge in [0.2, 0.25) is 5.95 Å². The van der Waals surface area contributed by atoms with Crippen LogP contribution in [-0.4, -0.2) is 38.9 Å². The van der Waals surface area contributed by atoms with E-state index in [0.29, 0.717) is 24.5 Å². The molecule has 1 saturated heterocycles. The van der Waals surface area contributed by atoms with Crippen LogP contribution in [0, 0.1) is 0 Å². The highest BCUT2D eigenvalue weighted by Crippen LogP contribution is 2.36. The summed E-state index contributed by atoms with van der Waals surface area (Å²) in [4.78, 5) is 19.7. The van der Waals surface area contributed by atoms with Gasteiger partial charge in [0, 0.05) is 32.3 Å². The van der Waals surface area contributed by atoms with Gasteiger partial charge in [-0.3, -0.25) is 9.48 Å². The zero-order valence-corrected chi connectivity index (χ0v) is 15.0. The van der Waals surface area contributed by atoms with Crippen molar-refractivity contribution in [2.45, 2.75) is 31.9 Å². The van der Waals surface area contributed by atoms with E-state index in [0.717, 1.165) is 6.20 Å². The molecule has 8 nitrogen and oxygen atoms in total. The number of nitrogens with one attached hydrogen (secondary N) is 2. The topological polar surface area (TPSA) is 94.0 Å². The van der Waals surface area contributed by atoms with Crippen molar-refractivity contribution in [1.29, 1.82) is 0 Å². The molecule has 1 fully saturated rings. The number of esters is 1. The number of ether oxygens (including phenoxy) is 1. The smallest absolute Gasteiger partial charge is 0.421 e. The second kappa shape index (κ2) is 6.71. The maximum atomic E-state index is 13.1. The predicted octanol–water partition coefficient (Wildman–Crippen LogP) is 2.61. The molecule has 3 rings (SSSR count). The van der Waals surface area contributed by atoms with Crippen molar-refractivity contribution in [1.82, 2.24) is 19.7 Å². The van der Waals surface area contributed by atoms with Crippen LogP contribution in [-0.2, 0) is 28.2 Å². The Morgan fingerprint density at radius 1 is 1.41 bits per heavy atom. The van der Waals surface area contributed by atoms with Gasteiger partial charge in [0.15, 0.2) is 0 Å². The maximum absolute atomic E-state index is 13.1. The van der Waals surface area contributed by atoms with Gasteiger partial charge in [-0.2, -0.15) is 23.3 Å². The lowest BCUT2D eigenvalue weighted by Gasteiger charge is -2.14. The molecule has 1 unspecified atom stereocenters. The first kappa shape index (κ1) is 18.9. The lowest BCUT2D eigenvalue weighted by atomic mass is 9.85. The lowest BCUT2D eigenvalue weighted by Crippen LogP contribution is -2.28. The first-order valence-electron chi connectivity index (χ1n) is 8.32. The van der Waals surface area contributed by atoms with Gasteiger partial charge < -0.3 is 15.4 Å². The molecule has 146 valence electrons. The van der Waals surface area contributed by atoms with Gasteiger partial charge in [-0.1, -0.05) is 0 Å². The Morgan fingerprint density at radius 3 is 2.74 bits per heavy atom. The Bertz CT molecular complexity index is 866. The second-order valence-electron chi connectivity index (χ2n) is 6.37. The minimum absolute atomic E-state index is 0.0207. The average Bonchev–Trinajstić information content (AvgIpc) is 3.11. The molecule has 0 spiro atoms. The number of rotatable bonds is 5. The normalized spacial score (nSPS) is 19.9. The molecule has 3 heterocycles. The van der Waals surface area contributed by atoms with E-state index in [2.05, 4.69) is 25.7 Å². The van der Waals surface area contributed by atoms with Gasteiger partial charge in [0.1, 0.15) is 22.6 Å². The van der Waals surface area contributed by atoms with E-state index in [1.165, 1.54) is 4.68 Å². The summed E-state index contributed by atoms with van der Waals surface area (Å²) in [5.74, 6) is -0.246. The van der Waals surface area contributed by atoms with Gasteiger partial charge in [-0.25, -0.2) is 4.98 Å². The van der Waals surface area contributed by atoms with Gasteiger partial charge in [-0.05, 0) is 13.8 Å². The molecule has 1 aliphatic rings. The molecule has 0 amide bonds. The molecule has 0 radical (unpaired) electrons. The fraction of sp³-hybridized carbons (Fsp3) is 0.500. The number of carbonyl (C=O) groups excluding carboxylic acids is 1. The minimum atomic E-state index is -4.56. The zero-order valence-electron chi connectivity index (χ0n) is 15.0. The van der Waals surface area contributed by atoms with Crippen molar-refractivity contribution in [3.05, 3.63) is 23.5 Å². The molecular weight excluding hydrogens is 365 g/mol. The Kier molecular flexibility index (Phi) is 4.70. The molecule has 27 heavy (non-hydrogen) atoms. The Hall–Kier alpha value is -2.85. The van der Waals surface area contributed by atoms with Crippen LogP contribution in [0.2, 0.25) is 0 Å². The standard InChI is InChI=1S/C16H19F3N6O2/c1-4-20-12-9(16(17,18)19)8-21-14(23-12)22-11-7-10(24-25(11)3)15(2)5-6-27-13(15)26/h7-8H,4-6H2,1-3H3,(H2,20,21,22,23). The van der Waals surface area contributed by atoms with E-state index in [9.17, 15) is 18.0 Å². The van der Waals surface area contributed by atoms with Crippen molar-refractivity contribution in [3.63, 3.8) is 0 Å². The Morgan fingerprint density at radius 2 is 2.15 bits per heavy atom. The van der Waals surface area contributed by atoms with Crippen LogP contribution >= 0.6 is 0 Å². The SMILES string of the molecule is CCNc1nc(Nc2cc(C3(C)CCOC3=O)nn2C)ncc1C(F)(F)F. The highest BCUT2D eigenvalue weighted by Gasteiger charge is 2.44. The molecule has 1 atom stereocenters. The number of carbonyl (C=O) groups is 1. The van der Waals surface area contributed by atoms with E-state index < -0.39 is 17.2 Å². The summed E-state index contributed by atoms with van der Waals surface area (Å²) in [6.07, 6.45) is -3.34. The number of nitrogens with zero attached hydrogens (tertiary/aromatic N) is 4. The predicted molar refractivity (Wildman–Crippen MR) is 90.6 cm³/mol. The summed E-state index contributed by atoms with van der Waals surface area (Å²) in [6.45, 7) is 4.01. The summed E-state index contributed by atoms with van der Waals surface area (Å²) in [7, 11) is 1.64. The van der Waals surface area contributed by atoms with E-state index in [-0.39, 0.29) is 24.3 Å². The summed E-state index contributed by atoms with van der Waals surface area (Å²) in [5.41, 5.74) is -1.29. The zero-order chi connectivity index (χ0) is 19.8. The van der Waals surface area contributed by atoms with Crippen LogP contribution in [0.15, 0.2) is 12.3 Å². The molecule has 2 aromatic rings. The van der Waals surface area contributed by atoms with Crippen molar-refractivity contribution in [2.24, 2.45) is 7.05 Å². The first-order chi connectivity index (χ1) is 12.6. The molecule has 0 bridgehead atoms. The fourth-order valence-electron chi connectivity index (χ4n) is 2.76. The van der Waals surface area contributed by atoms with E-state index >= 15 is 0 Å². The first-order valence-corrected chi connectivity index (χ1v) is 8.32. The maximum Gasteiger partial charge on any atom is 0.421 e. The van der Waals surface area contributed by atoms with Crippen LogP contribution in [0.1, 0.15) is 31.5 Å². The third-order valence-electron chi connectivity index (χ3n) is 4.41. The molecule has 2 aromatic heterocycles. The Labute approximate surface area is 153 Å². The lowest BCUT2D eigenvalue weighted by molar-refractivity contribution is -0.142. The highest BCUT2D eigenvalue weighted by atomic mass is 19.4. The molecule has 2 N–H and O–H groups in total. The molecule has 11 heteroatoms. The summed E-state index contributed by atoms with van der Waals surface area (Å²) in [6, 6.07) is 1.64. The number of hydrogen-bond donors (Lipinski definition) is 2. The quantitative estimate of drug-likeness (QED) is 0.766. The van der Waals surface area contributed by atoms with Gasteiger partial charge in [0.05, 0.1) is 12.3 Å². The fourth-order valence-corrected chi connectivity index (χ4v) is 2.76. The number of hydrogen-bond acceptors (Lipinski definition) is 7. The van der Waals surface area contributed by atoms with Gasteiger partial charge in [0.25, 0.3) is 0 Å². The van der Waals surface area contributed by atoms with Crippen molar-refractivity contribution >= 4 is 23.6 Å². The molecule has 0 aliphatic carbocycles. The minimum Gasteiger partial charge on any atom is -0.465 e. The monoisotopic (exact) mass is 384 g/mol. The molecular formula is C16H19F3N6O2. The summed E-state index contributed by atoms with van der Waals surface area (Å²) < 4.78 is 45.7. The molecule has 0 saturated carbocycles. The largest absolute Gasteiger partial charge is 0.465 e. The van der Waals surface area contributed by atoms with Gasteiger partial charge in [-0.15, -0.1) is 0 Å². The van der Waals surface area contributed by atoms with E-state index in [1.807, 2.05) is 0 Å². The van der Waals surface area contributed by atoms with Crippen molar-refractivity contribution < 1.29 is 22.7 Å². The van der Waals surface area contributed by atoms with Crippen LogP contribution in [0.5, 0.6) is 0 Å². The number of aromatic nitrogens is 4. The van der Waals surface area contributed by atoms with Crippen molar-refractivity contribution in [3.8, 4) is 0 Å². The van der Waals surface area contributed by atoms with Crippen LogP contribution in [0.4, 0.5) is 30.8 Å². The summed E-state index contributed by atoms with van der Waals surface area (Å²) in [5, 5.41) is 9.76. The van der Waals surface area contributed by atoms with Gasteiger partial charge >= 0.3 is 12.1 Å². The van der Waals surface area contributed by atoms with E-state index in [1.54, 1.807) is 27.0 Å². The average molecular weight is 384 g/mol. The Balaban J connectivity index is 1.90. The number of cyclic esters (lactones) is 1. The number of alkyl halides is 3. The van der Waals surface area contributed by atoms with E-state index in [4.69, 9.17) is 4.74 Å². The number of aryl methyl sites for hydroxylation is 1. The molecule has 0 aromatic carbocycles.